The molecule has 0 bridgehead atoms. The monoisotopic (exact) mass is 362 g/mol. The lowest BCUT2D eigenvalue weighted by Crippen LogP contribution is -2.24. The Morgan fingerprint density at radius 1 is 1.20 bits per heavy atom. The molecule has 0 aliphatic heterocycles. The van der Waals surface area contributed by atoms with Crippen molar-refractivity contribution in [1.82, 2.24) is 15.5 Å². The molecule has 2 rings (SSSR count). The number of anilines is 1. The van der Waals surface area contributed by atoms with Crippen LogP contribution in [0.15, 0.2) is 24.3 Å². The quantitative estimate of drug-likeness (QED) is 0.669. The Bertz CT molecular complexity index is 700. The highest BCUT2D eigenvalue weighted by Gasteiger charge is 2.14. The van der Waals surface area contributed by atoms with Crippen molar-refractivity contribution in [2.45, 2.75) is 32.6 Å². The first-order chi connectivity index (χ1) is 12.1. The van der Waals surface area contributed by atoms with Gasteiger partial charge >= 0.3 is 0 Å². The van der Waals surface area contributed by atoms with E-state index in [0.29, 0.717) is 35.8 Å². The molecule has 1 aromatic heterocycles. The zero-order valence-electron chi connectivity index (χ0n) is 14.4. The molecule has 0 saturated heterocycles. The zero-order valence-corrected chi connectivity index (χ0v) is 15.2. The van der Waals surface area contributed by atoms with Crippen LogP contribution in [0.1, 0.15) is 41.0 Å². The number of aryl methyl sites for hydroxylation is 1. The Morgan fingerprint density at radius 2 is 1.96 bits per heavy atom. The SMILES string of the molecule is CCCCNC(=O)CCc1nnc(C(=O)Nc2ccc(OC)cc2)s1. The molecule has 134 valence electrons. The average molecular weight is 362 g/mol. The second-order valence-corrected chi connectivity index (χ2v) is 6.45. The summed E-state index contributed by atoms with van der Waals surface area (Å²) < 4.78 is 5.07. The number of rotatable bonds is 9. The van der Waals surface area contributed by atoms with E-state index < -0.39 is 0 Å². The van der Waals surface area contributed by atoms with Crippen LogP contribution in [0.4, 0.5) is 5.69 Å². The number of carbonyl (C=O) groups excluding carboxylic acids is 2. The molecule has 2 aromatic rings. The molecule has 7 nitrogen and oxygen atoms in total. The van der Waals surface area contributed by atoms with Crippen molar-refractivity contribution in [1.29, 1.82) is 0 Å². The fourth-order valence-corrected chi connectivity index (χ4v) is 2.75. The number of ether oxygens (including phenoxy) is 1. The number of amides is 2. The molecule has 0 saturated carbocycles. The molecule has 25 heavy (non-hydrogen) atoms. The number of hydrogen-bond donors (Lipinski definition) is 2. The molecule has 0 spiro atoms. The van der Waals surface area contributed by atoms with Crippen LogP contribution in [0.2, 0.25) is 0 Å². The van der Waals surface area contributed by atoms with Gasteiger partial charge in [0.1, 0.15) is 10.8 Å². The van der Waals surface area contributed by atoms with Crippen LogP contribution in [-0.2, 0) is 11.2 Å². The summed E-state index contributed by atoms with van der Waals surface area (Å²) >= 11 is 1.20. The molecule has 1 heterocycles. The topological polar surface area (TPSA) is 93.2 Å². The van der Waals surface area contributed by atoms with Crippen molar-refractivity contribution in [3.63, 3.8) is 0 Å². The van der Waals surface area contributed by atoms with Crippen molar-refractivity contribution in [2.24, 2.45) is 0 Å². The summed E-state index contributed by atoms with van der Waals surface area (Å²) in [5, 5.41) is 14.4. The molecule has 1 aromatic carbocycles. The fourth-order valence-electron chi connectivity index (χ4n) is 2.02. The lowest BCUT2D eigenvalue weighted by atomic mass is 10.3. The maximum atomic E-state index is 12.2. The van der Waals surface area contributed by atoms with E-state index in [1.165, 1.54) is 11.3 Å². The third-order valence-electron chi connectivity index (χ3n) is 3.43. The molecule has 0 unspecified atom stereocenters. The van der Waals surface area contributed by atoms with Gasteiger partial charge in [0.25, 0.3) is 5.91 Å². The first-order valence-electron chi connectivity index (χ1n) is 8.17. The van der Waals surface area contributed by atoms with Gasteiger partial charge in [0.2, 0.25) is 10.9 Å². The standard InChI is InChI=1S/C17H22N4O3S/c1-3-4-11-18-14(22)9-10-15-20-21-17(25-15)16(23)19-12-5-7-13(24-2)8-6-12/h5-8H,3-4,9-11H2,1-2H3,(H,18,22)(H,19,23). The van der Waals surface area contributed by atoms with E-state index in [-0.39, 0.29) is 16.8 Å². The zero-order chi connectivity index (χ0) is 18.1. The van der Waals surface area contributed by atoms with Gasteiger partial charge in [-0.05, 0) is 30.7 Å². The molecule has 0 fully saturated rings. The Labute approximate surface area is 150 Å². The van der Waals surface area contributed by atoms with Crippen LogP contribution >= 0.6 is 11.3 Å². The Morgan fingerprint density at radius 3 is 2.64 bits per heavy atom. The first kappa shape index (κ1) is 18.9. The van der Waals surface area contributed by atoms with Crippen LogP contribution in [-0.4, -0.2) is 35.7 Å². The van der Waals surface area contributed by atoms with E-state index in [9.17, 15) is 9.59 Å². The summed E-state index contributed by atoms with van der Waals surface area (Å²) in [7, 11) is 1.58. The maximum absolute atomic E-state index is 12.2. The van der Waals surface area contributed by atoms with Crippen LogP contribution in [0.5, 0.6) is 5.75 Å². The third kappa shape index (κ3) is 6.15. The molecule has 0 radical (unpaired) electrons. The van der Waals surface area contributed by atoms with Gasteiger partial charge in [-0.25, -0.2) is 0 Å². The van der Waals surface area contributed by atoms with Crippen LogP contribution in [0, 0.1) is 0 Å². The number of hydrogen-bond acceptors (Lipinski definition) is 6. The Kier molecular flexibility index (Phi) is 7.34. The predicted octanol–water partition coefficient (Wildman–Crippen LogP) is 2.65. The van der Waals surface area contributed by atoms with Gasteiger partial charge in [0, 0.05) is 25.1 Å². The van der Waals surface area contributed by atoms with Crippen LogP contribution in [0.25, 0.3) is 0 Å². The molecule has 0 aliphatic rings. The minimum atomic E-state index is -0.318. The maximum Gasteiger partial charge on any atom is 0.286 e. The van der Waals surface area contributed by atoms with Crippen molar-refractivity contribution < 1.29 is 14.3 Å². The van der Waals surface area contributed by atoms with Gasteiger partial charge in [-0.1, -0.05) is 24.7 Å². The van der Waals surface area contributed by atoms with E-state index in [1.54, 1.807) is 31.4 Å². The van der Waals surface area contributed by atoms with E-state index in [0.717, 1.165) is 12.8 Å². The lowest BCUT2D eigenvalue weighted by molar-refractivity contribution is -0.121. The number of carbonyl (C=O) groups is 2. The van der Waals surface area contributed by atoms with Crippen LogP contribution < -0.4 is 15.4 Å². The summed E-state index contributed by atoms with van der Waals surface area (Å²) in [6, 6.07) is 7.02. The number of benzene rings is 1. The fraction of sp³-hybridized carbons (Fsp3) is 0.412. The van der Waals surface area contributed by atoms with Crippen molar-refractivity contribution >= 4 is 28.8 Å². The highest BCUT2D eigenvalue weighted by Crippen LogP contribution is 2.17. The molecular formula is C17H22N4O3S. The number of nitrogens with one attached hydrogen (secondary N) is 2. The van der Waals surface area contributed by atoms with Gasteiger partial charge < -0.3 is 15.4 Å². The normalized spacial score (nSPS) is 10.3. The molecular weight excluding hydrogens is 340 g/mol. The predicted molar refractivity (Wildman–Crippen MR) is 97.1 cm³/mol. The summed E-state index contributed by atoms with van der Waals surface area (Å²) in [6.45, 7) is 2.77. The second-order valence-electron chi connectivity index (χ2n) is 5.39. The number of unbranched alkanes of at least 4 members (excludes halogenated alkanes) is 1. The molecule has 2 amide bonds. The lowest BCUT2D eigenvalue weighted by Gasteiger charge is -2.04. The van der Waals surface area contributed by atoms with Crippen molar-refractivity contribution in [3.8, 4) is 5.75 Å². The number of aromatic nitrogens is 2. The molecule has 2 N–H and O–H groups in total. The van der Waals surface area contributed by atoms with Gasteiger partial charge in [0.05, 0.1) is 7.11 Å². The second kappa shape index (κ2) is 9.73. The summed E-state index contributed by atoms with van der Waals surface area (Å²) in [5.74, 6) is 0.391. The molecule has 0 atom stereocenters. The number of nitrogens with zero attached hydrogens (tertiary/aromatic N) is 2. The van der Waals surface area contributed by atoms with Gasteiger partial charge in [-0.3, -0.25) is 9.59 Å². The third-order valence-corrected chi connectivity index (χ3v) is 4.41. The molecule has 0 aliphatic carbocycles. The highest BCUT2D eigenvalue weighted by molar-refractivity contribution is 7.13. The Balaban J connectivity index is 1.82. The van der Waals surface area contributed by atoms with E-state index in [4.69, 9.17) is 4.74 Å². The summed E-state index contributed by atoms with van der Waals surface area (Å²) in [5.41, 5.74) is 0.651. The highest BCUT2D eigenvalue weighted by atomic mass is 32.1. The van der Waals surface area contributed by atoms with Gasteiger partial charge in [-0.2, -0.15) is 0 Å². The van der Waals surface area contributed by atoms with Crippen molar-refractivity contribution in [2.75, 3.05) is 19.0 Å². The summed E-state index contributed by atoms with van der Waals surface area (Å²) in [6.07, 6.45) is 2.84. The Hall–Kier alpha value is -2.48. The number of methoxy groups -OCH3 is 1. The first-order valence-corrected chi connectivity index (χ1v) is 8.98. The minimum Gasteiger partial charge on any atom is -0.497 e. The van der Waals surface area contributed by atoms with Gasteiger partial charge in [0.15, 0.2) is 0 Å². The van der Waals surface area contributed by atoms with E-state index in [2.05, 4.69) is 27.8 Å². The van der Waals surface area contributed by atoms with Crippen LogP contribution in [0.3, 0.4) is 0 Å². The molecule has 8 heteroatoms. The largest absolute Gasteiger partial charge is 0.497 e. The summed E-state index contributed by atoms with van der Waals surface area (Å²) in [4.78, 5) is 23.9. The van der Waals surface area contributed by atoms with Crippen molar-refractivity contribution in [3.05, 3.63) is 34.3 Å². The van der Waals surface area contributed by atoms with Gasteiger partial charge in [-0.15, -0.1) is 10.2 Å². The average Bonchev–Trinajstić information content (AvgIpc) is 3.10. The minimum absolute atomic E-state index is 0.00659. The smallest absolute Gasteiger partial charge is 0.286 e. The van der Waals surface area contributed by atoms with E-state index >= 15 is 0 Å². The van der Waals surface area contributed by atoms with E-state index in [1.807, 2.05) is 0 Å².